The highest BCUT2D eigenvalue weighted by atomic mass is 79.9. The molecule has 0 aromatic heterocycles. The van der Waals surface area contributed by atoms with E-state index < -0.39 is 42.8 Å². The molecule has 1 saturated carbocycles. The third kappa shape index (κ3) is 6.53. The number of rotatable bonds is 7. The average Bonchev–Trinajstić information content (AvgIpc) is 2.97. The summed E-state index contributed by atoms with van der Waals surface area (Å²) in [5.41, 5.74) is 1.19. The van der Waals surface area contributed by atoms with Crippen molar-refractivity contribution in [3.05, 3.63) is 70.2 Å². The zero-order valence-electron chi connectivity index (χ0n) is 21.9. The third-order valence-electron chi connectivity index (χ3n) is 7.63. The summed E-state index contributed by atoms with van der Waals surface area (Å²) in [6.45, 7) is -0.0803. The molecule has 9 nitrogen and oxygen atoms in total. The van der Waals surface area contributed by atoms with E-state index in [9.17, 15) is 14.7 Å². The van der Waals surface area contributed by atoms with Gasteiger partial charge in [-0.2, -0.15) is 0 Å². The van der Waals surface area contributed by atoms with Crippen LogP contribution in [0.2, 0.25) is 0 Å². The molecule has 5 rings (SSSR count). The molecular weight excluding hydrogens is 568 g/mol. The molecule has 0 radical (unpaired) electrons. The molecule has 210 valence electrons. The van der Waals surface area contributed by atoms with Crippen molar-refractivity contribution < 1.29 is 33.6 Å². The molecule has 2 N–H and O–H groups in total. The van der Waals surface area contributed by atoms with Crippen LogP contribution in [0.25, 0.3) is 0 Å². The Kier molecular flexibility index (Phi) is 9.32. The summed E-state index contributed by atoms with van der Waals surface area (Å²) < 4.78 is 24.7. The van der Waals surface area contributed by atoms with Crippen molar-refractivity contribution in [1.29, 1.82) is 0 Å². The number of aliphatic hydroxyl groups excluding tert-OH is 1. The maximum absolute atomic E-state index is 13.9. The van der Waals surface area contributed by atoms with Gasteiger partial charge in [-0.25, -0.2) is 0 Å². The van der Waals surface area contributed by atoms with Crippen LogP contribution >= 0.6 is 15.9 Å². The first-order valence-corrected chi connectivity index (χ1v) is 14.3. The molecule has 0 spiro atoms. The van der Waals surface area contributed by atoms with E-state index in [4.69, 9.17) is 18.9 Å². The first-order chi connectivity index (χ1) is 18.9. The van der Waals surface area contributed by atoms with E-state index in [1.165, 1.54) is 12.0 Å². The summed E-state index contributed by atoms with van der Waals surface area (Å²) in [6, 6.07) is 15.4. The van der Waals surface area contributed by atoms with Gasteiger partial charge in [0.25, 0.3) is 5.91 Å². The molecule has 2 heterocycles. The average molecular weight is 604 g/mol. The predicted molar refractivity (Wildman–Crippen MR) is 146 cm³/mol. The lowest BCUT2D eigenvalue weighted by Crippen LogP contribution is -2.68. The second-order valence-electron chi connectivity index (χ2n) is 10.3. The number of hydrogen-bond acceptors (Lipinski definition) is 7. The van der Waals surface area contributed by atoms with E-state index >= 15 is 0 Å². The molecule has 0 bridgehead atoms. The number of carbonyl (C=O) groups excluding carboxylic acids is 2. The number of ether oxygens (including phenoxy) is 4. The minimum atomic E-state index is -1.20. The molecule has 1 aliphatic carbocycles. The molecule has 10 heteroatoms. The van der Waals surface area contributed by atoms with Crippen LogP contribution in [0.3, 0.4) is 0 Å². The van der Waals surface area contributed by atoms with Crippen LogP contribution in [-0.2, 0) is 23.7 Å². The summed E-state index contributed by atoms with van der Waals surface area (Å²) in [7, 11) is 1.45. The molecule has 3 fully saturated rings. The minimum Gasteiger partial charge on any atom is -0.388 e. The Morgan fingerprint density at radius 3 is 2.46 bits per heavy atom. The first kappa shape index (κ1) is 28.2. The van der Waals surface area contributed by atoms with Crippen molar-refractivity contribution in [3.8, 4) is 0 Å². The Bertz CT molecular complexity index is 1110. The fourth-order valence-corrected chi connectivity index (χ4v) is 5.89. The maximum atomic E-state index is 13.9. The fourth-order valence-electron chi connectivity index (χ4n) is 5.63. The topological polar surface area (TPSA) is 107 Å². The van der Waals surface area contributed by atoms with Crippen LogP contribution in [0.4, 0.5) is 0 Å². The Morgan fingerprint density at radius 1 is 1.05 bits per heavy atom. The van der Waals surface area contributed by atoms with Gasteiger partial charge in [0, 0.05) is 28.8 Å². The van der Waals surface area contributed by atoms with E-state index in [2.05, 4.69) is 21.2 Å². The van der Waals surface area contributed by atoms with Gasteiger partial charge in [0.1, 0.15) is 30.9 Å². The van der Waals surface area contributed by atoms with E-state index in [1.54, 1.807) is 24.3 Å². The minimum absolute atomic E-state index is 0.0801. The second kappa shape index (κ2) is 12.9. The smallest absolute Gasteiger partial charge is 0.254 e. The van der Waals surface area contributed by atoms with Gasteiger partial charge in [0.15, 0.2) is 12.6 Å². The summed E-state index contributed by atoms with van der Waals surface area (Å²) in [6.07, 6.45) is 0.824. The Balaban J connectivity index is 1.41. The van der Waals surface area contributed by atoms with Gasteiger partial charge in [0.2, 0.25) is 5.91 Å². The highest BCUT2D eigenvalue weighted by Crippen LogP contribution is 2.36. The fraction of sp³-hybridized carbons (Fsp3) is 0.517. The molecule has 2 aliphatic heterocycles. The van der Waals surface area contributed by atoms with Crippen LogP contribution in [0.1, 0.15) is 54.3 Å². The normalized spacial score (nSPS) is 29.3. The van der Waals surface area contributed by atoms with Crippen molar-refractivity contribution in [2.24, 2.45) is 0 Å². The van der Waals surface area contributed by atoms with Crippen molar-refractivity contribution in [2.45, 2.75) is 75.1 Å². The van der Waals surface area contributed by atoms with Crippen molar-refractivity contribution in [1.82, 2.24) is 10.2 Å². The van der Waals surface area contributed by atoms with Gasteiger partial charge in [-0.05, 0) is 37.1 Å². The van der Waals surface area contributed by atoms with Crippen LogP contribution in [0.5, 0.6) is 0 Å². The number of hydrogen-bond donors (Lipinski definition) is 2. The van der Waals surface area contributed by atoms with Crippen molar-refractivity contribution in [2.75, 3.05) is 20.3 Å². The highest BCUT2D eigenvalue weighted by Gasteiger charge is 2.52. The monoisotopic (exact) mass is 602 g/mol. The molecule has 6 unspecified atom stereocenters. The lowest BCUT2D eigenvalue weighted by atomic mass is 9.93. The standard InChI is InChI=1S/C29H35BrN2O7/c1-36-29-24(25(34)26-22(38-29)17-37-28(39-26)19-8-4-2-5-9-19)32(27(35)18-12-14-20(30)15-13-18)16-23(33)31-21-10-6-3-7-11-21/h2,4-5,8-9,12-15,21-22,24-26,28-29,34H,3,6-7,10-11,16-17H2,1H3,(H,31,33). The number of aliphatic hydroxyl groups is 1. The lowest BCUT2D eigenvalue weighted by molar-refractivity contribution is -0.347. The van der Waals surface area contributed by atoms with E-state index in [1.807, 2.05) is 30.3 Å². The third-order valence-corrected chi connectivity index (χ3v) is 8.16. The molecule has 3 aliphatic rings. The molecule has 2 aromatic carbocycles. The van der Waals surface area contributed by atoms with Crippen LogP contribution in [0, 0.1) is 0 Å². The van der Waals surface area contributed by atoms with Gasteiger partial charge in [-0.1, -0.05) is 65.5 Å². The Morgan fingerprint density at radius 2 is 1.77 bits per heavy atom. The first-order valence-electron chi connectivity index (χ1n) is 13.5. The zero-order chi connectivity index (χ0) is 27.4. The van der Waals surface area contributed by atoms with E-state index in [-0.39, 0.29) is 25.1 Å². The van der Waals surface area contributed by atoms with Crippen LogP contribution in [-0.4, -0.2) is 78.8 Å². The Hall–Kier alpha value is -2.34. The van der Waals surface area contributed by atoms with Crippen LogP contribution in [0.15, 0.2) is 59.1 Å². The summed E-state index contributed by atoms with van der Waals surface area (Å²) in [5.74, 6) is -0.701. The Labute approximate surface area is 236 Å². The molecule has 2 amide bonds. The number of carbonyl (C=O) groups is 2. The molecule has 6 atom stereocenters. The number of benzene rings is 2. The number of nitrogens with one attached hydrogen (secondary N) is 1. The van der Waals surface area contributed by atoms with Gasteiger partial charge in [-0.15, -0.1) is 0 Å². The van der Waals surface area contributed by atoms with Crippen molar-refractivity contribution >= 4 is 27.7 Å². The van der Waals surface area contributed by atoms with E-state index in [0.29, 0.717) is 5.56 Å². The second-order valence-corrected chi connectivity index (χ2v) is 11.2. The summed E-state index contributed by atoms with van der Waals surface area (Å²) >= 11 is 3.40. The summed E-state index contributed by atoms with van der Waals surface area (Å²) in [5, 5.41) is 14.8. The largest absolute Gasteiger partial charge is 0.388 e. The maximum Gasteiger partial charge on any atom is 0.254 e. The molecule has 2 aromatic rings. The number of amides is 2. The molecule has 2 saturated heterocycles. The predicted octanol–water partition coefficient (Wildman–Crippen LogP) is 3.56. The zero-order valence-corrected chi connectivity index (χ0v) is 23.5. The highest BCUT2D eigenvalue weighted by molar-refractivity contribution is 9.10. The van der Waals surface area contributed by atoms with Gasteiger partial charge in [-0.3, -0.25) is 9.59 Å². The van der Waals surface area contributed by atoms with E-state index in [0.717, 1.165) is 42.1 Å². The van der Waals surface area contributed by atoms with Gasteiger partial charge >= 0.3 is 0 Å². The number of methoxy groups -OCH3 is 1. The lowest BCUT2D eigenvalue weighted by Gasteiger charge is -2.50. The number of halogens is 1. The quantitative estimate of drug-likeness (QED) is 0.499. The van der Waals surface area contributed by atoms with Gasteiger partial charge < -0.3 is 34.3 Å². The summed E-state index contributed by atoms with van der Waals surface area (Å²) in [4.78, 5) is 28.5. The molecule has 39 heavy (non-hydrogen) atoms. The van der Waals surface area contributed by atoms with Gasteiger partial charge in [0.05, 0.1) is 6.61 Å². The number of nitrogens with zero attached hydrogens (tertiary/aromatic N) is 1. The SMILES string of the molecule is COC1OC2COC(c3ccccc3)OC2C(O)C1N(CC(=O)NC1CCCCC1)C(=O)c1ccc(Br)cc1. The molecular formula is C29H35BrN2O7. The number of fused-ring (bicyclic) bond motifs is 1. The van der Waals surface area contributed by atoms with Crippen LogP contribution < -0.4 is 5.32 Å². The van der Waals surface area contributed by atoms with Crippen molar-refractivity contribution in [3.63, 3.8) is 0 Å².